The van der Waals surface area contributed by atoms with E-state index < -0.39 is 73.3 Å². The smallest absolute Gasteiger partial charge is 0.410 e. The number of aromatic carboxylic acids is 1. The lowest BCUT2D eigenvalue weighted by Crippen LogP contribution is -2.65. The molecule has 7 atom stereocenters. The van der Waals surface area contributed by atoms with Gasteiger partial charge in [0.1, 0.15) is 43.0 Å². The van der Waals surface area contributed by atoms with Gasteiger partial charge in [-0.15, -0.1) is 0 Å². The maximum atomic E-state index is 14.1. The molecule has 4 heterocycles. The van der Waals surface area contributed by atoms with Crippen molar-refractivity contribution in [1.29, 1.82) is 5.41 Å². The predicted molar refractivity (Wildman–Crippen MR) is 375 cm³/mol. The Morgan fingerprint density at radius 2 is 1.53 bits per heavy atom. The lowest BCUT2D eigenvalue weighted by Gasteiger charge is -2.69. The highest BCUT2D eigenvalue weighted by molar-refractivity contribution is 7.22. The summed E-state index contributed by atoms with van der Waals surface area (Å²) < 4.78 is 36.6. The summed E-state index contributed by atoms with van der Waals surface area (Å²) in [4.78, 5) is 113. The summed E-state index contributed by atoms with van der Waals surface area (Å²) in [5, 5.41) is 82.0. The standard InChI is InChI=1S/C74H84N8O20S/c1-43(51(34-75)48-19-20-52(78-60(48)66(92)93)45-16-15-44-10-9-11-49(50(44)32-45)65(91)80-69-79-53-12-6-7-13-55(53)103-69)77-42-73-37-71(2)36-72(3,38-73)40-74(39-71,41-73)100-29-27-81(26-23-59(86)87)70(96)99-35-46-17-18-47(33-54(46)101-68-63(90)61(88)62(89)64(102-68)67(94)95)98-31-30-97-28-24-76-56(83)14-5-4-8-25-82-57(84)21-22-58(82)85/h6-7,9-13,15-22,32-34,61-64,68,75,77,88-90H,4-5,8,14,23-31,35-42H2,1-3H3,(H,76,83)(H,86,87)(H,92,93)(H,94,95)(H,79,80,91)/b51-43+,75-34?/t61?,62-,63+,64-,68+,71?,72?,73?,74?/m1/s1. The largest absolute Gasteiger partial charge is 0.491 e. The van der Waals surface area contributed by atoms with Gasteiger partial charge in [0.15, 0.2) is 16.9 Å². The van der Waals surface area contributed by atoms with Gasteiger partial charge in [-0.05, 0) is 134 Å². The number of nitrogens with zero attached hydrogens (tertiary/aromatic N) is 4. The molecule has 546 valence electrons. The lowest BCUT2D eigenvalue weighted by molar-refractivity contribution is -0.271. The van der Waals surface area contributed by atoms with Gasteiger partial charge in [-0.2, -0.15) is 0 Å². The minimum atomic E-state index is -2.02. The third kappa shape index (κ3) is 17.7. The fourth-order valence-corrected chi connectivity index (χ4v) is 16.9. The van der Waals surface area contributed by atoms with Gasteiger partial charge >= 0.3 is 24.0 Å². The van der Waals surface area contributed by atoms with Crippen LogP contribution in [-0.4, -0.2) is 200 Å². The number of allylic oxidation sites excluding steroid dienone is 2. The number of amides is 5. The number of rotatable bonds is 34. The number of fused-ring (bicyclic) bond motifs is 2. The van der Waals surface area contributed by atoms with Crippen LogP contribution in [-0.2, 0) is 49.5 Å². The number of aliphatic hydroxyl groups is 3. The number of pyridine rings is 1. The predicted octanol–water partition coefficient (Wildman–Crippen LogP) is 7.95. The number of para-hydroxylation sites is 1. The van der Waals surface area contributed by atoms with Crippen molar-refractivity contribution in [3.63, 3.8) is 0 Å². The van der Waals surface area contributed by atoms with Gasteiger partial charge in [0.2, 0.25) is 12.2 Å². The number of ether oxygens (including phenoxy) is 6. The van der Waals surface area contributed by atoms with E-state index in [1.165, 1.54) is 46.6 Å². The molecule has 2 aromatic heterocycles. The average molecular weight is 1440 g/mol. The summed E-state index contributed by atoms with van der Waals surface area (Å²) >= 11 is 1.36. The number of carbonyl (C=O) groups excluding carboxylic acids is 5. The van der Waals surface area contributed by atoms with Gasteiger partial charge in [0.25, 0.3) is 17.7 Å². The van der Waals surface area contributed by atoms with Crippen LogP contribution in [0.3, 0.4) is 0 Å². The highest BCUT2D eigenvalue weighted by atomic mass is 32.1. The number of anilines is 1. The number of carbonyl (C=O) groups is 8. The summed E-state index contributed by atoms with van der Waals surface area (Å²) in [5.74, 6) is -5.35. The zero-order chi connectivity index (χ0) is 73.4. The monoisotopic (exact) mass is 1440 g/mol. The number of nitrogens with one attached hydrogen (secondary N) is 4. The summed E-state index contributed by atoms with van der Waals surface area (Å²) in [6.07, 6.45) is -0.881. The van der Waals surface area contributed by atoms with Crippen LogP contribution in [0.2, 0.25) is 0 Å². The third-order valence-electron chi connectivity index (χ3n) is 19.6. The maximum absolute atomic E-state index is 14.1. The molecule has 4 saturated carbocycles. The number of aliphatic carboxylic acids is 2. The zero-order valence-electron chi connectivity index (χ0n) is 57.2. The summed E-state index contributed by atoms with van der Waals surface area (Å²) in [6, 6.07) is 26.1. The van der Waals surface area contributed by atoms with E-state index in [9.17, 15) is 69.0 Å². The van der Waals surface area contributed by atoms with Crippen molar-refractivity contribution in [2.75, 3.05) is 64.5 Å². The number of unbranched alkanes of at least 4 members (excludes halogenated alkanes) is 2. The van der Waals surface area contributed by atoms with Gasteiger partial charge in [-0.3, -0.25) is 34.2 Å². The molecule has 10 N–H and O–H groups in total. The molecular weight excluding hydrogens is 1350 g/mol. The fraction of sp³-hybridized carbons (Fsp3) is 0.446. The Balaban J connectivity index is 0.718. The number of carboxylic acids is 3. The molecule has 4 aliphatic carbocycles. The molecule has 12 rings (SSSR count). The number of benzene rings is 4. The number of carboxylic acid groups (broad SMARTS) is 3. The topological polar surface area (TPSA) is 406 Å². The highest BCUT2D eigenvalue weighted by Gasteiger charge is 2.66. The van der Waals surface area contributed by atoms with E-state index in [1.807, 2.05) is 42.5 Å². The molecule has 5 fully saturated rings. The number of hydrogen-bond donors (Lipinski definition) is 10. The van der Waals surface area contributed by atoms with Crippen LogP contribution in [0.4, 0.5) is 9.93 Å². The first kappa shape index (κ1) is 74.4. The Kier molecular flexibility index (Phi) is 23.0. The summed E-state index contributed by atoms with van der Waals surface area (Å²) in [7, 11) is 0. The minimum absolute atomic E-state index is 0.00619. The van der Waals surface area contributed by atoms with E-state index in [4.69, 9.17) is 33.8 Å². The molecule has 0 radical (unpaired) electrons. The van der Waals surface area contributed by atoms with Crippen LogP contribution in [0.5, 0.6) is 11.5 Å². The van der Waals surface area contributed by atoms with E-state index >= 15 is 0 Å². The molecule has 1 saturated heterocycles. The van der Waals surface area contributed by atoms with E-state index in [2.05, 4.69) is 39.8 Å². The van der Waals surface area contributed by atoms with Crippen molar-refractivity contribution in [3.8, 4) is 22.8 Å². The molecule has 4 bridgehead atoms. The molecule has 29 heteroatoms. The van der Waals surface area contributed by atoms with Crippen molar-refractivity contribution in [2.24, 2.45) is 16.2 Å². The molecule has 28 nitrogen and oxygen atoms in total. The molecule has 0 spiro atoms. The van der Waals surface area contributed by atoms with Crippen LogP contribution >= 0.6 is 11.3 Å². The molecule has 6 aliphatic rings. The van der Waals surface area contributed by atoms with E-state index in [0.29, 0.717) is 70.8 Å². The first-order valence-corrected chi connectivity index (χ1v) is 35.0. The van der Waals surface area contributed by atoms with Crippen LogP contribution in [0, 0.1) is 21.7 Å². The van der Waals surface area contributed by atoms with Gasteiger partial charge in [0, 0.05) is 97.1 Å². The van der Waals surface area contributed by atoms with E-state index in [-0.39, 0.29) is 127 Å². The Bertz CT molecular complexity index is 4240. The van der Waals surface area contributed by atoms with Gasteiger partial charge < -0.3 is 80.0 Å². The molecule has 5 amide bonds. The Morgan fingerprint density at radius 1 is 0.767 bits per heavy atom. The second-order valence-electron chi connectivity index (χ2n) is 27.9. The third-order valence-corrected chi connectivity index (χ3v) is 20.5. The number of thiazole rings is 1. The summed E-state index contributed by atoms with van der Waals surface area (Å²) in [5.41, 5.74) is 1.82. The van der Waals surface area contributed by atoms with E-state index in [1.54, 1.807) is 37.3 Å². The van der Waals surface area contributed by atoms with Gasteiger partial charge in [-0.1, -0.05) is 68.0 Å². The van der Waals surface area contributed by atoms with Crippen molar-refractivity contribution in [1.82, 2.24) is 30.4 Å². The summed E-state index contributed by atoms with van der Waals surface area (Å²) in [6.45, 7) is 6.62. The zero-order valence-corrected chi connectivity index (χ0v) is 58.0. The van der Waals surface area contributed by atoms with Crippen molar-refractivity contribution >= 4 is 96.9 Å². The highest BCUT2D eigenvalue weighted by Crippen LogP contribution is 2.71. The van der Waals surface area contributed by atoms with Crippen LogP contribution in [0.15, 0.2) is 109 Å². The quantitative estimate of drug-likeness (QED) is 0.0104. The lowest BCUT2D eigenvalue weighted by atomic mass is 9.39. The Hall–Kier alpha value is -9.75. The number of hydrogen-bond acceptors (Lipinski definition) is 22. The van der Waals surface area contributed by atoms with Crippen LogP contribution in [0.25, 0.3) is 37.8 Å². The number of aromatic nitrogens is 2. The van der Waals surface area contributed by atoms with Gasteiger partial charge in [0.05, 0.1) is 47.8 Å². The first-order valence-electron chi connectivity index (χ1n) is 34.1. The fourth-order valence-electron chi connectivity index (χ4n) is 16.0. The second-order valence-corrected chi connectivity index (χ2v) is 29.0. The van der Waals surface area contributed by atoms with Crippen LogP contribution in [0.1, 0.15) is 123 Å². The van der Waals surface area contributed by atoms with Crippen molar-refractivity contribution in [3.05, 3.63) is 131 Å². The molecule has 103 heavy (non-hydrogen) atoms. The second kappa shape index (κ2) is 31.9. The molecular formula is C74H84N8O20S. The number of aliphatic hydroxyl groups excluding tert-OH is 3. The van der Waals surface area contributed by atoms with Crippen molar-refractivity contribution in [2.45, 2.75) is 134 Å². The molecule has 4 aromatic carbocycles. The SMILES string of the molecule is C/C(NCC12CC3(C)CC(C)(C1)CC(OCCN(CCC(=O)O)C(=O)OCc1ccc(OCCOCCNC(=O)CCCCCN4C(=O)C=CC4=O)cc1O[C@H]1O[C@@H](C(=O)O)[C@H](O)C(O)[C@@H]1O)(C3)C2)=C(/C=N)c1ccc(-c2ccc3cccc(C(=O)Nc4nc5ccccc5s4)c3c2)nc1C(=O)O. The van der Waals surface area contributed by atoms with E-state index in [0.717, 1.165) is 58.8 Å². The van der Waals surface area contributed by atoms with Gasteiger partial charge in [-0.25, -0.2) is 24.4 Å². The Morgan fingerprint density at radius 3 is 2.26 bits per heavy atom. The van der Waals surface area contributed by atoms with Crippen molar-refractivity contribution < 1.29 is 97.4 Å². The van der Waals surface area contributed by atoms with Crippen LogP contribution < -0.4 is 25.4 Å². The average Bonchev–Trinajstić information content (AvgIpc) is 0.860. The molecule has 2 aliphatic heterocycles. The maximum Gasteiger partial charge on any atom is 0.410 e. The molecule has 6 aromatic rings. The first-order chi connectivity index (χ1) is 49.2. The molecule has 3 unspecified atom stereocenters. The normalized spacial score (nSPS) is 24.2. The minimum Gasteiger partial charge on any atom is -0.491 e. The Labute approximate surface area is 596 Å². The number of imide groups is 1.